The minimum absolute atomic E-state index is 0.245. The van der Waals surface area contributed by atoms with E-state index in [9.17, 15) is 4.79 Å². The molecule has 32 heavy (non-hydrogen) atoms. The number of rotatable bonds is 10. The molecule has 0 saturated heterocycles. The van der Waals surface area contributed by atoms with Gasteiger partial charge in [-0.1, -0.05) is 31.4 Å². The second-order valence-electron chi connectivity index (χ2n) is 7.83. The minimum atomic E-state index is -0.272. The molecular weight excluding hydrogens is 406 g/mol. The maximum absolute atomic E-state index is 12.0. The Balaban J connectivity index is 1.48. The topological polar surface area (TPSA) is 81.2 Å². The van der Waals surface area contributed by atoms with Gasteiger partial charge in [-0.05, 0) is 68.1 Å². The van der Waals surface area contributed by atoms with Gasteiger partial charge in [0, 0.05) is 6.04 Å². The van der Waals surface area contributed by atoms with Crippen LogP contribution in [0, 0.1) is 6.92 Å². The van der Waals surface area contributed by atoms with Crippen molar-refractivity contribution in [1.29, 1.82) is 0 Å². The summed E-state index contributed by atoms with van der Waals surface area (Å²) >= 11 is 0. The van der Waals surface area contributed by atoms with Crippen molar-refractivity contribution in [3.05, 3.63) is 53.6 Å². The molecule has 1 saturated carbocycles. The second kappa shape index (κ2) is 12.6. The number of nitrogens with zero attached hydrogens (tertiary/aromatic N) is 1. The Morgan fingerprint density at radius 3 is 2.62 bits per heavy atom. The highest BCUT2D eigenvalue weighted by Crippen LogP contribution is 2.28. The van der Waals surface area contributed by atoms with Crippen molar-refractivity contribution in [2.75, 3.05) is 19.8 Å². The number of hydrazone groups is 1. The van der Waals surface area contributed by atoms with Crippen LogP contribution in [0.1, 0.15) is 50.2 Å². The fraction of sp³-hybridized carbons (Fsp3) is 0.440. The van der Waals surface area contributed by atoms with Crippen LogP contribution in [0.2, 0.25) is 0 Å². The van der Waals surface area contributed by atoms with Crippen molar-refractivity contribution in [3.8, 4) is 17.2 Å². The molecule has 2 aromatic rings. The maximum Gasteiger partial charge on any atom is 0.335 e. The lowest BCUT2D eigenvalue weighted by atomic mass is 9.96. The normalized spacial score (nSPS) is 14.2. The fourth-order valence-corrected chi connectivity index (χ4v) is 3.64. The molecule has 7 nitrogen and oxygen atoms in total. The predicted octanol–water partition coefficient (Wildman–Crippen LogP) is 4.82. The van der Waals surface area contributed by atoms with E-state index in [0.717, 1.165) is 29.7 Å². The molecule has 0 bridgehead atoms. The van der Waals surface area contributed by atoms with Gasteiger partial charge in [-0.25, -0.2) is 10.2 Å². The third kappa shape index (κ3) is 7.80. The number of hydrogen-bond donors (Lipinski definition) is 2. The molecule has 2 aromatic carbocycles. The summed E-state index contributed by atoms with van der Waals surface area (Å²) in [6.07, 6.45) is 7.24. The zero-order valence-corrected chi connectivity index (χ0v) is 18.9. The maximum atomic E-state index is 12.0. The average Bonchev–Trinajstić information content (AvgIpc) is 2.79. The van der Waals surface area contributed by atoms with Crippen LogP contribution in [0.15, 0.2) is 47.6 Å². The van der Waals surface area contributed by atoms with E-state index in [2.05, 4.69) is 15.8 Å². The fourth-order valence-electron chi connectivity index (χ4n) is 3.64. The highest BCUT2D eigenvalue weighted by molar-refractivity contribution is 5.82. The average molecular weight is 440 g/mol. The third-order valence-corrected chi connectivity index (χ3v) is 5.19. The molecule has 2 amide bonds. The van der Waals surface area contributed by atoms with Crippen LogP contribution in [0.4, 0.5) is 4.79 Å². The largest absolute Gasteiger partial charge is 0.490 e. The van der Waals surface area contributed by atoms with Crippen LogP contribution < -0.4 is 25.0 Å². The quantitative estimate of drug-likeness (QED) is 0.316. The monoisotopic (exact) mass is 439 g/mol. The molecular formula is C25H33N3O4. The van der Waals surface area contributed by atoms with Gasteiger partial charge < -0.3 is 19.5 Å². The van der Waals surface area contributed by atoms with E-state index in [1.165, 1.54) is 19.3 Å². The number of carbonyl (C=O) groups excluding carboxylic acids is 1. The number of nitrogens with one attached hydrogen (secondary N) is 2. The number of urea groups is 1. The summed E-state index contributed by atoms with van der Waals surface area (Å²) < 4.78 is 17.3. The summed E-state index contributed by atoms with van der Waals surface area (Å²) in [7, 11) is 0. The molecule has 0 atom stereocenters. The Morgan fingerprint density at radius 1 is 1.03 bits per heavy atom. The van der Waals surface area contributed by atoms with Crippen LogP contribution in [-0.2, 0) is 0 Å². The number of hydrogen-bond acceptors (Lipinski definition) is 5. The molecule has 3 rings (SSSR count). The SMILES string of the molecule is CCOc1cc(/C=N\NC(=O)NC2CCCCC2)ccc1OCCOc1cccc(C)c1. The molecule has 7 heteroatoms. The first-order chi connectivity index (χ1) is 15.6. The third-order valence-electron chi connectivity index (χ3n) is 5.19. The van der Waals surface area contributed by atoms with Gasteiger partial charge in [0.1, 0.15) is 19.0 Å². The van der Waals surface area contributed by atoms with Gasteiger partial charge in [-0.3, -0.25) is 0 Å². The molecule has 1 aliphatic carbocycles. The van der Waals surface area contributed by atoms with Crippen molar-refractivity contribution >= 4 is 12.2 Å². The van der Waals surface area contributed by atoms with Gasteiger partial charge in [0.25, 0.3) is 0 Å². The van der Waals surface area contributed by atoms with E-state index in [4.69, 9.17) is 14.2 Å². The molecule has 1 fully saturated rings. The number of benzene rings is 2. The molecule has 0 aromatic heterocycles. The number of ether oxygens (including phenoxy) is 3. The number of amides is 2. The predicted molar refractivity (Wildman–Crippen MR) is 126 cm³/mol. The summed E-state index contributed by atoms with van der Waals surface area (Å²) in [6.45, 7) is 5.28. The second-order valence-corrected chi connectivity index (χ2v) is 7.83. The van der Waals surface area contributed by atoms with Crippen molar-refractivity contribution in [2.45, 2.75) is 52.0 Å². The number of carbonyl (C=O) groups is 1. The van der Waals surface area contributed by atoms with Gasteiger partial charge in [-0.15, -0.1) is 0 Å². The molecule has 172 valence electrons. The van der Waals surface area contributed by atoms with Crippen LogP contribution >= 0.6 is 0 Å². The molecule has 0 aliphatic heterocycles. The van der Waals surface area contributed by atoms with E-state index in [1.807, 2.05) is 56.3 Å². The Morgan fingerprint density at radius 2 is 1.84 bits per heavy atom. The zero-order chi connectivity index (χ0) is 22.6. The van der Waals surface area contributed by atoms with E-state index in [0.29, 0.717) is 31.3 Å². The van der Waals surface area contributed by atoms with E-state index in [1.54, 1.807) is 6.21 Å². The molecule has 0 unspecified atom stereocenters. The highest BCUT2D eigenvalue weighted by Gasteiger charge is 2.15. The summed E-state index contributed by atoms with van der Waals surface area (Å²) in [6, 6.07) is 13.4. The van der Waals surface area contributed by atoms with Gasteiger partial charge in [-0.2, -0.15) is 5.10 Å². The zero-order valence-electron chi connectivity index (χ0n) is 18.9. The first-order valence-corrected chi connectivity index (χ1v) is 11.3. The lowest BCUT2D eigenvalue weighted by molar-refractivity contribution is 0.208. The standard InChI is InChI=1S/C25H33N3O4/c1-3-30-24-17-20(18-26-28-25(29)27-21-9-5-4-6-10-21)12-13-23(24)32-15-14-31-22-11-7-8-19(2)16-22/h7-8,11-13,16-18,21H,3-6,9-10,14-15H2,1-2H3,(H2,27,28,29)/b26-18-. The van der Waals surface area contributed by atoms with Gasteiger partial charge in [0.2, 0.25) is 0 Å². The van der Waals surface area contributed by atoms with Gasteiger partial charge in [0.15, 0.2) is 11.5 Å². The first kappa shape index (κ1) is 23.4. The highest BCUT2D eigenvalue weighted by atomic mass is 16.5. The van der Waals surface area contributed by atoms with Crippen molar-refractivity contribution in [1.82, 2.24) is 10.7 Å². The van der Waals surface area contributed by atoms with Gasteiger partial charge >= 0.3 is 6.03 Å². The Hall–Kier alpha value is -3.22. The van der Waals surface area contributed by atoms with Crippen molar-refractivity contribution in [2.24, 2.45) is 5.10 Å². The summed E-state index contributed by atoms with van der Waals surface area (Å²) in [5.74, 6) is 2.09. The molecule has 0 heterocycles. The van der Waals surface area contributed by atoms with E-state index < -0.39 is 0 Å². The minimum Gasteiger partial charge on any atom is -0.490 e. The lowest BCUT2D eigenvalue weighted by Crippen LogP contribution is -2.41. The lowest BCUT2D eigenvalue weighted by Gasteiger charge is -2.22. The first-order valence-electron chi connectivity index (χ1n) is 11.3. The summed E-state index contributed by atoms with van der Waals surface area (Å²) in [4.78, 5) is 12.0. The van der Waals surface area contributed by atoms with E-state index >= 15 is 0 Å². The molecule has 2 N–H and O–H groups in total. The van der Waals surface area contributed by atoms with Crippen molar-refractivity contribution < 1.29 is 19.0 Å². The smallest absolute Gasteiger partial charge is 0.335 e. The van der Waals surface area contributed by atoms with Crippen LogP contribution in [0.5, 0.6) is 17.2 Å². The number of aryl methyl sites for hydroxylation is 1. The Kier molecular flexibility index (Phi) is 9.22. The van der Waals surface area contributed by atoms with E-state index in [-0.39, 0.29) is 12.1 Å². The van der Waals surface area contributed by atoms with Gasteiger partial charge in [0.05, 0.1) is 12.8 Å². The molecule has 0 spiro atoms. The Bertz CT molecular complexity index is 895. The van der Waals surface area contributed by atoms with Crippen molar-refractivity contribution in [3.63, 3.8) is 0 Å². The van der Waals surface area contributed by atoms with Crippen LogP contribution in [-0.4, -0.2) is 38.1 Å². The Labute approximate surface area is 190 Å². The molecule has 1 aliphatic rings. The van der Waals surface area contributed by atoms with Crippen LogP contribution in [0.25, 0.3) is 0 Å². The molecule has 0 radical (unpaired) electrons. The summed E-state index contributed by atoms with van der Waals surface area (Å²) in [5, 5.41) is 7.02. The van der Waals surface area contributed by atoms with Crippen LogP contribution in [0.3, 0.4) is 0 Å². The summed E-state index contributed by atoms with van der Waals surface area (Å²) in [5.41, 5.74) is 4.49.